The molecule has 176 valence electrons. The van der Waals surface area contributed by atoms with Crippen LogP contribution in [0.5, 0.6) is 5.75 Å². The lowest BCUT2D eigenvalue weighted by molar-refractivity contribution is 0.0792. The van der Waals surface area contributed by atoms with Crippen LogP contribution in [0.15, 0.2) is 65.5 Å². The lowest BCUT2D eigenvalue weighted by Gasteiger charge is -2.17. The molecular weight excluding hydrogens is 451 g/mol. The number of hydrogen-bond donors (Lipinski definition) is 1. The van der Waals surface area contributed by atoms with Gasteiger partial charge in [-0.2, -0.15) is 5.10 Å². The van der Waals surface area contributed by atoms with Crippen LogP contribution in [0.4, 0.5) is 4.39 Å². The normalized spacial score (nSPS) is 10.9. The van der Waals surface area contributed by atoms with E-state index in [9.17, 15) is 9.18 Å². The zero-order chi connectivity index (χ0) is 23.8. The van der Waals surface area contributed by atoms with E-state index >= 15 is 0 Å². The third kappa shape index (κ3) is 6.51. The van der Waals surface area contributed by atoms with Crippen LogP contribution >= 0.6 is 11.3 Å². The van der Waals surface area contributed by atoms with Crippen LogP contribution in [-0.4, -0.2) is 39.6 Å². The van der Waals surface area contributed by atoms with Gasteiger partial charge in [-0.05, 0) is 55.7 Å². The van der Waals surface area contributed by atoms with Crippen molar-refractivity contribution in [1.82, 2.24) is 20.1 Å². The maximum Gasteiger partial charge on any atom is 0.253 e. The van der Waals surface area contributed by atoms with E-state index in [0.29, 0.717) is 24.5 Å². The fourth-order valence-corrected chi connectivity index (χ4v) is 4.18. The van der Waals surface area contributed by atoms with E-state index in [1.807, 2.05) is 42.8 Å². The van der Waals surface area contributed by atoms with Gasteiger partial charge in [0.25, 0.3) is 5.91 Å². The molecule has 4 rings (SSSR count). The highest BCUT2D eigenvalue weighted by Gasteiger charge is 2.12. The number of aromatic nitrogens is 3. The number of amides is 1. The largest absolute Gasteiger partial charge is 0.487 e. The van der Waals surface area contributed by atoms with Gasteiger partial charge >= 0.3 is 0 Å². The number of thiazole rings is 1. The number of halogens is 1. The fourth-order valence-electron chi connectivity index (χ4n) is 3.63. The summed E-state index contributed by atoms with van der Waals surface area (Å²) in [5.74, 6) is 0.368. The van der Waals surface area contributed by atoms with Crippen molar-refractivity contribution >= 4 is 17.2 Å². The van der Waals surface area contributed by atoms with Gasteiger partial charge in [0.1, 0.15) is 18.2 Å². The summed E-state index contributed by atoms with van der Waals surface area (Å²) in [7, 11) is 1.82. The Morgan fingerprint density at radius 3 is 2.82 bits per heavy atom. The second-order valence-corrected chi connectivity index (χ2v) is 8.84. The molecule has 0 atom stereocenters. The van der Waals surface area contributed by atoms with Gasteiger partial charge in [-0.3, -0.25) is 9.89 Å². The molecule has 0 radical (unpaired) electrons. The number of hydrogen-bond acceptors (Lipinski definition) is 5. The highest BCUT2D eigenvalue weighted by atomic mass is 32.1. The van der Waals surface area contributed by atoms with Crippen molar-refractivity contribution in [1.29, 1.82) is 0 Å². The van der Waals surface area contributed by atoms with Crippen molar-refractivity contribution in [2.24, 2.45) is 0 Å². The summed E-state index contributed by atoms with van der Waals surface area (Å²) < 4.78 is 19.2. The molecule has 0 fully saturated rings. The Bertz CT molecular complexity index is 1210. The molecule has 2 aromatic carbocycles. The van der Waals surface area contributed by atoms with Crippen LogP contribution in [0.1, 0.15) is 41.0 Å². The number of aromatic amines is 1. The molecule has 0 aliphatic heterocycles. The average molecular weight is 479 g/mol. The molecule has 0 aliphatic carbocycles. The predicted molar refractivity (Wildman–Crippen MR) is 131 cm³/mol. The fraction of sp³-hybridized carbons (Fsp3) is 0.269. The first-order valence-electron chi connectivity index (χ1n) is 11.2. The number of carbonyl (C=O) groups excluding carboxylic acids is 1. The Morgan fingerprint density at radius 2 is 2.00 bits per heavy atom. The van der Waals surface area contributed by atoms with Gasteiger partial charge in [-0.25, -0.2) is 9.37 Å². The van der Waals surface area contributed by atoms with Crippen molar-refractivity contribution < 1.29 is 13.9 Å². The molecule has 2 heterocycles. The molecule has 8 heteroatoms. The number of H-pyrrole nitrogens is 1. The summed E-state index contributed by atoms with van der Waals surface area (Å²) in [6.45, 7) is 1.07. The van der Waals surface area contributed by atoms with Gasteiger partial charge < -0.3 is 9.64 Å². The third-order valence-electron chi connectivity index (χ3n) is 5.49. The first kappa shape index (κ1) is 23.6. The number of aryl methyl sites for hydroxylation is 1. The minimum atomic E-state index is -0.268. The monoisotopic (exact) mass is 478 g/mol. The summed E-state index contributed by atoms with van der Waals surface area (Å²) in [5, 5.41) is 9.27. The molecular formula is C26H27FN4O2S. The van der Waals surface area contributed by atoms with Crippen LogP contribution in [0.3, 0.4) is 0 Å². The van der Waals surface area contributed by atoms with Gasteiger partial charge in [-0.15, -0.1) is 11.3 Å². The minimum absolute atomic E-state index is 0.0209. The number of benzene rings is 2. The van der Waals surface area contributed by atoms with Crippen molar-refractivity contribution in [3.63, 3.8) is 0 Å². The molecule has 34 heavy (non-hydrogen) atoms. The second kappa shape index (κ2) is 11.6. The number of rotatable bonds is 11. The van der Waals surface area contributed by atoms with Gasteiger partial charge in [0.15, 0.2) is 0 Å². The summed E-state index contributed by atoms with van der Waals surface area (Å²) >= 11 is 1.53. The van der Waals surface area contributed by atoms with Crippen molar-refractivity contribution in [2.75, 3.05) is 13.6 Å². The average Bonchev–Trinajstić information content (AvgIpc) is 3.54. The van der Waals surface area contributed by atoms with Crippen LogP contribution in [-0.2, 0) is 13.0 Å². The van der Waals surface area contributed by atoms with E-state index in [1.165, 1.54) is 23.5 Å². The molecule has 0 unspecified atom stereocenters. The lowest BCUT2D eigenvalue weighted by Crippen LogP contribution is -2.27. The number of nitrogens with one attached hydrogen (secondary N) is 1. The summed E-state index contributed by atoms with van der Waals surface area (Å²) in [4.78, 5) is 18.7. The zero-order valence-corrected chi connectivity index (χ0v) is 19.9. The first-order chi connectivity index (χ1) is 16.6. The number of unbranched alkanes of at least 4 members (excludes halogenated alkanes) is 2. The van der Waals surface area contributed by atoms with Gasteiger partial charge in [0.2, 0.25) is 0 Å². The molecule has 6 nitrogen and oxygen atoms in total. The van der Waals surface area contributed by atoms with E-state index in [4.69, 9.17) is 4.74 Å². The molecule has 0 saturated heterocycles. The predicted octanol–water partition coefficient (Wildman–Crippen LogP) is 5.74. The van der Waals surface area contributed by atoms with Crippen molar-refractivity contribution in [2.45, 2.75) is 32.3 Å². The van der Waals surface area contributed by atoms with Crippen LogP contribution in [0.25, 0.3) is 11.3 Å². The van der Waals surface area contributed by atoms with Gasteiger partial charge in [-0.1, -0.05) is 24.6 Å². The quantitative estimate of drug-likeness (QED) is 0.279. The summed E-state index contributed by atoms with van der Waals surface area (Å²) in [6, 6.07) is 15.7. The molecule has 1 amide bonds. The van der Waals surface area contributed by atoms with E-state index in [2.05, 4.69) is 15.2 Å². The van der Waals surface area contributed by atoms with Crippen LogP contribution in [0.2, 0.25) is 0 Å². The summed E-state index contributed by atoms with van der Waals surface area (Å²) in [6.07, 6.45) is 3.74. The molecule has 0 spiro atoms. The SMILES string of the molecule is CN(CCCCCc1cc(-c2cccc(F)c2)n[nH]1)C(=O)c1cccc(OCc2cscn2)c1. The topological polar surface area (TPSA) is 71.1 Å². The van der Waals surface area contributed by atoms with E-state index in [0.717, 1.165) is 48.3 Å². The first-order valence-corrected chi connectivity index (χ1v) is 12.2. The molecule has 0 bridgehead atoms. The standard InChI is InChI=1S/C26H27FN4O2S/c1-31(26(32)20-8-6-11-24(14-20)33-16-23-17-34-18-28-23)12-4-2-3-10-22-15-25(30-29-22)19-7-5-9-21(27)13-19/h5-9,11,13-15,17-18H,2-4,10,12,16H2,1H3,(H,29,30). The zero-order valence-electron chi connectivity index (χ0n) is 19.0. The smallest absolute Gasteiger partial charge is 0.253 e. The molecule has 0 saturated carbocycles. The highest BCUT2D eigenvalue weighted by molar-refractivity contribution is 7.07. The van der Waals surface area contributed by atoms with E-state index in [-0.39, 0.29) is 11.7 Å². The van der Waals surface area contributed by atoms with E-state index < -0.39 is 0 Å². The Kier molecular flexibility index (Phi) is 8.04. The Morgan fingerprint density at radius 1 is 1.12 bits per heavy atom. The maximum atomic E-state index is 13.4. The minimum Gasteiger partial charge on any atom is -0.487 e. The molecule has 1 N–H and O–H groups in total. The highest BCUT2D eigenvalue weighted by Crippen LogP contribution is 2.20. The van der Waals surface area contributed by atoms with Gasteiger partial charge in [0, 0.05) is 35.8 Å². The Balaban J connectivity index is 1.19. The molecule has 4 aromatic rings. The number of ether oxygens (including phenoxy) is 1. The number of carbonyl (C=O) groups is 1. The summed E-state index contributed by atoms with van der Waals surface area (Å²) in [5.41, 5.74) is 5.79. The van der Waals surface area contributed by atoms with Gasteiger partial charge in [0.05, 0.1) is 16.9 Å². The van der Waals surface area contributed by atoms with Crippen LogP contribution in [0, 0.1) is 5.82 Å². The van der Waals surface area contributed by atoms with Crippen molar-refractivity contribution in [3.05, 3.63) is 88.3 Å². The Hall–Kier alpha value is -3.52. The molecule has 0 aliphatic rings. The lowest BCUT2D eigenvalue weighted by atomic mass is 10.1. The third-order valence-corrected chi connectivity index (χ3v) is 6.12. The van der Waals surface area contributed by atoms with Crippen molar-refractivity contribution in [3.8, 4) is 17.0 Å². The Labute approximate surface area is 202 Å². The molecule has 2 aromatic heterocycles. The second-order valence-electron chi connectivity index (χ2n) is 8.12. The maximum absolute atomic E-state index is 13.4. The van der Waals surface area contributed by atoms with E-state index in [1.54, 1.807) is 22.5 Å². The van der Waals surface area contributed by atoms with Crippen LogP contribution < -0.4 is 4.74 Å². The number of nitrogens with zero attached hydrogens (tertiary/aromatic N) is 3.